The summed E-state index contributed by atoms with van der Waals surface area (Å²) in [6.45, 7) is 0. The number of hydrogen-bond acceptors (Lipinski definition) is 4. The molecule has 0 amide bonds. The lowest BCUT2D eigenvalue weighted by atomic mass is 10.3. The number of imidazole rings is 1. The molecule has 0 saturated heterocycles. The van der Waals surface area contributed by atoms with Crippen molar-refractivity contribution >= 4 is 38.8 Å². The first-order valence-electron chi connectivity index (χ1n) is 6.88. The van der Waals surface area contributed by atoms with Crippen LogP contribution in [0.3, 0.4) is 0 Å². The van der Waals surface area contributed by atoms with Gasteiger partial charge in [-0.1, -0.05) is 35.6 Å². The molecule has 0 atom stereocenters. The molecule has 4 rings (SSSR count). The van der Waals surface area contributed by atoms with Crippen LogP contribution in [-0.2, 0) is 7.05 Å². The fourth-order valence-corrected chi connectivity index (χ4v) is 3.32. The molecule has 22 heavy (non-hydrogen) atoms. The number of nitrogens with one attached hydrogen (secondary N) is 1. The molecule has 6 heteroatoms. The number of nitrogens with zero attached hydrogens (tertiary/aromatic N) is 4. The second kappa shape index (κ2) is 5.23. The minimum Gasteiger partial charge on any atom is -0.337 e. The van der Waals surface area contributed by atoms with Crippen molar-refractivity contribution in [3.63, 3.8) is 0 Å². The molecule has 0 bridgehead atoms. The highest BCUT2D eigenvalue weighted by Crippen LogP contribution is 2.15. The molecular formula is C16H13N5S. The summed E-state index contributed by atoms with van der Waals surface area (Å²) in [4.78, 5) is 8.50. The van der Waals surface area contributed by atoms with E-state index in [0.717, 1.165) is 21.4 Å². The van der Waals surface area contributed by atoms with E-state index in [1.54, 1.807) is 17.6 Å². The van der Waals surface area contributed by atoms with Crippen molar-refractivity contribution in [2.75, 3.05) is 0 Å². The molecule has 0 spiro atoms. The van der Waals surface area contributed by atoms with Gasteiger partial charge in [0, 0.05) is 7.05 Å². The Balaban J connectivity index is 1.71. The number of aromatic nitrogens is 3. The van der Waals surface area contributed by atoms with Gasteiger partial charge < -0.3 is 9.55 Å². The summed E-state index contributed by atoms with van der Waals surface area (Å²) in [7, 11) is 1.99. The number of rotatable bonds is 2. The molecule has 5 nitrogen and oxygen atoms in total. The number of hydrogen-bond donors (Lipinski definition) is 1. The number of fused-ring (bicyclic) bond motifs is 2. The average Bonchev–Trinajstić information content (AvgIpc) is 3.09. The van der Waals surface area contributed by atoms with E-state index in [4.69, 9.17) is 0 Å². The minimum absolute atomic E-state index is 0.703. The van der Waals surface area contributed by atoms with Gasteiger partial charge >= 0.3 is 0 Å². The Hall–Kier alpha value is -2.73. The van der Waals surface area contributed by atoms with Crippen LogP contribution in [-0.4, -0.2) is 20.7 Å². The highest BCUT2D eigenvalue weighted by molar-refractivity contribution is 7.16. The fraction of sp³-hybridized carbons (Fsp3) is 0.0625. The molecule has 0 aliphatic rings. The predicted molar refractivity (Wildman–Crippen MR) is 90.0 cm³/mol. The predicted octanol–water partition coefficient (Wildman–Crippen LogP) is 3.05. The second-order valence-corrected chi connectivity index (χ2v) is 5.90. The first-order valence-corrected chi connectivity index (χ1v) is 7.69. The van der Waals surface area contributed by atoms with Crippen LogP contribution in [0.4, 0.5) is 0 Å². The third-order valence-corrected chi connectivity index (χ3v) is 4.55. The van der Waals surface area contributed by atoms with Gasteiger partial charge in [-0.2, -0.15) is 5.10 Å². The molecular weight excluding hydrogens is 294 g/mol. The van der Waals surface area contributed by atoms with Crippen molar-refractivity contribution in [1.29, 1.82) is 0 Å². The number of para-hydroxylation sites is 3. The molecule has 0 radical (unpaired) electrons. The normalized spacial score (nSPS) is 12.9. The summed E-state index contributed by atoms with van der Waals surface area (Å²) in [5.41, 5.74) is 3.08. The van der Waals surface area contributed by atoms with E-state index >= 15 is 0 Å². The Morgan fingerprint density at radius 2 is 1.95 bits per heavy atom. The third kappa shape index (κ3) is 2.23. The number of thiazole rings is 1. The van der Waals surface area contributed by atoms with E-state index in [1.165, 1.54) is 4.70 Å². The summed E-state index contributed by atoms with van der Waals surface area (Å²) < 4.78 is 3.23. The first-order chi connectivity index (χ1) is 10.8. The molecule has 0 saturated carbocycles. The van der Waals surface area contributed by atoms with Crippen LogP contribution < -0.4 is 4.80 Å². The zero-order valence-corrected chi connectivity index (χ0v) is 12.7. The summed E-state index contributed by atoms with van der Waals surface area (Å²) >= 11 is 1.62. The first kappa shape index (κ1) is 13.0. The quantitative estimate of drug-likeness (QED) is 0.449. The van der Waals surface area contributed by atoms with E-state index in [1.807, 2.05) is 48.0 Å². The van der Waals surface area contributed by atoms with Crippen molar-refractivity contribution < 1.29 is 0 Å². The van der Waals surface area contributed by atoms with Gasteiger partial charge in [-0.15, -0.1) is 5.10 Å². The number of aromatic amines is 1. The maximum Gasteiger partial charge on any atom is 0.211 e. The SMILES string of the molecule is Cn1/c(=N/N=Cc2nc3ccccc3[nH]2)sc2ccccc21. The topological polar surface area (TPSA) is 58.3 Å². The van der Waals surface area contributed by atoms with Gasteiger partial charge in [0.05, 0.1) is 27.5 Å². The van der Waals surface area contributed by atoms with Gasteiger partial charge in [-0.25, -0.2) is 4.98 Å². The van der Waals surface area contributed by atoms with Crippen LogP contribution in [0.15, 0.2) is 58.7 Å². The number of H-pyrrole nitrogens is 1. The van der Waals surface area contributed by atoms with Crippen molar-refractivity contribution in [3.8, 4) is 0 Å². The Kier molecular flexibility index (Phi) is 3.08. The Morgan fingerprint density at radius 1 is 1.14 bits per heavy atom. The summed E-state index contributed by atoms with van der Waals surface area (Å²) in [5.74, 6) is 0.703. The van der Waals surface area contributed by atoms with Crippen LogP contribution in [0.5, 0.6) is 0 Å². The van der Waals surface area contributed by atoms with Gasteiger partial charge in [-0.05, 0) is 24.3 Å². The average molecular weight is 307 g/mol. The second-order valence-electron chi connectivity index (χ2n) is 4.90. The molecule has 1 N–H and O–H groups in total. The van der Waals surface area contributed by atoms with Crippen molar-refractivity contribution in [1.82, 2.24) is 14.5 Å². The molecule has 2 heterocycles. The van der Waals surface area contributed by atoms with E-state index in [2.05, 4.69) is 32.3 Å². The third-order valence-electron chi connectivity index (χ3n) is 3.45. The van der Waals surface area contributed by atoms with Crippen LogP contribution in [0.25, 0.3) is 21.3 Å². The number of benzene rings is 2. The minimum atomic E-state index is 0.703. The van der Waals surface area contributed by atoms with E-state index in [9.17, 15) is 0 Å². The smallest absolute Gasteiger partial charge is 0.211 e. The largest absolute Gasteiger partial charge is 0.337 e. The summed E-state index contributed by atoms with van der Waals surface area (Å²) in [5, 5.41) is 8.46. The van der Waals surface area contributed by atoms with Crippen molar-refractivity contribution in [3.05, 3.63) is 59.2 Å². The Morgan fingerprint density at radius 3 is 2.82 bits per heavy atom. The molecule has 108 valence electrons. The van der Waals surface area contributed by atoms with Gasteiger partial charge in [0.1, 0.15) is 0 Å². The monoisotopic (exact) mass is 307 g/mol. The fourth-order valence-electron chi connectivity index (χ4n) is 2.34. The summed E-state index contributed by atoms with van der Waals surface area (Å²) in [6.07, 6.45) is 1.64. The molecule has 0 aliphatic heterocycles. The lowest BCUT2D eigenvalue weighted by molar-refractivity contribution is 0.889. The van der Waals surface area contributed by atoms with E-state index in [0.29, 0.717) is 5.82 Å². The maximum absolute atomic E-state index is 4.44. The van der Waals surface area contributed by atoms with Gasteiger partial charge in [0.15, 0.2) is 5.82 Å². The molecule has 4 aromatic rings. The standard InChI is InChI=1S/C16H13N5S/c1-21-13-8-4-5-9-14(13)22-16(21)20-17-10-15-18-11-6-2-3-7-12(11)19-15/h2-10H,1H3,(H,18,19)/b17-10?,20-16-. The molecule has 0 aliphatic carbocycles. The lowest BCUT2D eigenvalue weighted by Crippen LogP contribution is -2.08. The zero-order valence-electron chi connectivity index (χ0n) is 11.9. The Labute approximate surface area is 130 Å². The maximum atomic E-state index is 4.44. The highest BCUT2D eigenvalue weighted by atomic mass is 32.1. The van der Waals surface area contributed by atoms with Crippen LogP contribution in [0.1, 0.15) is 5.82 Å². The van der Waals surface area contributed by atoms with Gasteiger partial charge in [-0.3, -0.25) is 0 Å². The van der Waals surface area contributed by atoms with Crippen molar-refractivity contribution in [2.24, 2.45) is 17.3 Å². The van der Waals surface area contributed by atoms with Crippen molar-refractivity contribution in [2.45, 2.75) is 0 Å². The van der Waals surface area contributed by atoms with E-state index in [-0.39, 0.29) is 0 Å². The molecule has 0 unspecified atom stereocenters. The van der Waals surface area contributed by atoms with Crippen LogP contribution >= 0.6 is 11.3 Å². The highest BCUT2D eigenvalue weighted by Gasteiger charge is 2.01. The molecule has 0 fully saturated rings. The molecule has 2 aromatic heterocycles. The van der Waals surface area contributed by atoms with Crippen LogP contribution in [0, 0.1) is 0 Å². The lowest BCUT2D eigenvalue weighted by Gasteiger charge is -1.92. The zero-order chi connectivity index (χ0) is 14.9. The number of aryl methyl sites for hydroxylation is 1. The van der Waals surface area contributed by atoms with Gasteiger partial charge in [0.25, 0.3) is 0 Å². The van der Waals surface area contributed by atoms with Crippen LogP contribution in [0.2, 0.25) is 0 Å². The van der Waals surface area contributed by atoms with E-state index < -0.39 is 0 Å². The summed E-state index contributed by atoms with van der Waals surface area (Å²) in [6, 6.07) is 16.1. The Bertz CT molecular complexity index is 1020. The molecule has 2 aromatic carbocycles. The van der Waals surface area contributed by atoms with Gasteiger partial charge in [0.2, 0.25) is 4.80 Å².